The zero-order chi connectivity index (χ0) is 11.3. The highest BCUT2D eigenvalue weighted by Gasteiger charge is 2.12. The second kappa shape index (κ2) is 5.26. The first kappa shape index (κ1) is 12.2. The summed E-state index contributed by atoms with van der Waals surface area (Å²) in [5.74, 6) is 0. The predicted molar refractivity (Wildman–Crippen MR) is 59.6 cm³/mol. The maximum Gasteiger partial charge on any atom is 0.240 e. The van der Waals surface area contributed by atoms with Crippen molar-refractivity contribution in [3.63, 3.8) is 0 Å². The summed E-state index contributed by atoms with van der Waals surface area (Å²) in [5.41, 5.74) is 0. The number of rotatable bonds is 4. The molecule has 4 nitrogen and oxygen atoms in total. The van der Waals surface area contributed by atoms with E-state index in [9.17, 15) is 8.42 Å². The molecule has 0 unspecified atom stereocenters. The van der Waals surface area contributed by atoms with Gasteiger partial charge in [0.15, 0.2) is 0 Å². The molecule has 1 rings (SSSR count). The van der Waals surface area contributed by atoms with Crippen LogP contribution in [0.2, 0.25) is 0 Å². The van der Waals surface area contributed by atoms with Crippen molar-refractivity contribution in [2.75, 3.05) is 6.54 Å². The van der Waals surface area contributed by atoms with Gasteiger partial charge in [0.05, 0.1) is 11.0 Å². The molecule has 0 bridgehead atoms. The third-order valence-corrected chi connectivity index (χ3v) is 3.66. The van der Waals surface area contributed by atoms with Gasteiger partial charge in [0.2, 0.25) is 10.0 Å². The normalized spacial score (nSPS) is 10.9. The van der Waals surface area contributed by atoms with Gasteiger partial charge in [-0.1, -0.05) is 15.9 Å². The summed E-state index contributed by atoms with van der Waals surface area (Å²) in [4.78, 5) is 0.198. The van der Waals surface area contributed by atoms with E-state index in [-0.39, 0.29) is 17.9 Å². The molecule has 1 N–H and O–H groups in total. The van der Waals surface area contributed by atoms with Gasteiger partial charge in [0.1, 0.15) is 0 Å². The average Bonchev–Trinajstić information content (AvgIpc) is 2.18. The molecule has 0 aliphatic rings. The fourth-order valence-corrected chi connectivity index (χ4v) is 2.23. The zero-order valence-electron chi connectivity index (χ0n) is 7.77. The van der Waals surface area contributed by atoms with E-state index in [1.54, 1.807) is 12.1 Å². The molecule has 6 heteroatoms. The monoisotopic (exact) mass is 288 g/mol. The number of nitriles is 1. The Balaban J connectivity index is 2.79. The van der Waals surface area contributed by atoms with Crippen LogP contribution >= 0.6 is 15.9 Å². The Labute approximate surface area is 97.1 Å². The van der Waals surface area contributed by atoms with Crippen molar-refractivity contribution in [1.82, 2.24) is 4.72 Å². The van der Waals surface area contributed by atoms with E-state index < -0.39 is 10.0 Å². The van der Waals surface area contributed by atoms with Crippen LogP contribution in [0.4, 0.5) is 0 Å². The highest BCUT2D eigenvalue weighted by atomic mass is 79.9. The molecule has 0 aliphatic heterocycles. The Morgan fingerprint density at radius 2 is 1.93 bits per heavy atom. The number of nitrogens with one attached hydrogen (secondary N) is 1. The molecule has 0 heterocycles. The third kappa shape index (κ3) is 3.63. The van der Waals surface area contributed by atoms with E-state index in [0.29, 0.717) is 0 Å². The minimum atomic E-state index is -3.47. The van der Waals surface area contributed by atoms with Crippen molar-refractivity contribution < 1.29 is 8.42 Å². The van der Waals surface area contributed by atoms with Crippen LogP contribution in [0.15, 0.2) is 33.6 Å². The Bertz CT molecular complexity index is 462. The van der Waals surface area contributed by atoms with Crippen LogP contribution in [-0.4, -0.2) is 15.0 Å². The predicted octanol–water partition coefficient (Wildman–Crippen LogP) is 1.64. The summed E-state index contributed by atoms with van der Waals surface area (Å²) in [6.07, 6.45) is 0.162. The average molecular weight is 289 g/mol. The number of hydrogen-bond donors (Lipinski definition) is 1. The molecule has 15 heavy (non-hydrogen) atoms. The SMILES string of the molecule is N#CCCNS(=O)(=O)c1ccc(Br)cc1. The largest absolute Gasteiger partial charge is 0.240 e. The van der Waals surface area contributed by atoms with Gasteiger partial charge < -0.3 is 0 Å². The van der Waals surface area contributed by atoms with Crippen LogP contribution in [0.3, 0.4) is 0 Å². The Morgan fingerprint density at radius 1 is 1.33 bits per heavy atom. The maximum absolute atomic E-state index is 11.6. The third-order valence-electron chi connectivity index (χ3n) is 1.65. The molecule has 0 saturated heterocycles. The second-order valence-corrected chi connectivity index (χ2v) is 5.44. The van der Waals surface area contributed by atoms with Crippen LogP contribution in [0, 0.1) is 11.3 Å². The van der Waals surface area contributed by atoms with Crippen LogP contribution in [0.5, 0.6) is 0 Å². The number of halogens is 1. The van der Waals surface area contributed by atoms with E-state index in [0.717, 1.165) is 4.47 Å². The summed E-state index contributed by atoms with van der Waals surface area (Å²) in [7, 11) is -3.47. The van der Waals surface area contributed by atoms with Gasteiger partial charge >= 0.3 is 0 Å². The highest BCUT2D eigenvalue weighted by molar-refractivity contribution is 9.10. The first-order chi connectivity index (χ1) is 7.06. The lowest BCUT2D eigenvalue weighted by molar-refractivity contribution is 0.582. The van der Waals surface area contributed by atoms with Gasteiger partial charge in [0.25, 0.3) is 0 Å². The molecular formula is C9H9BrN2O2S. The standard InChI is InChI=1S/C9H9BrN2O2S/c10-8-2-4-9(5-3-8)15(13,14)12-7-1-6-11/h2-5,12H,1,7H2. The van der Waals surface area contributed by atoms with Crippen molar-refractivity contribution in [2.24, 2.45) is 0 Å². The number of hydrogen-bond acceptors (Lipinski definition) is 3. The molecule has 1 aromatic rings. The molecule has 0 fully saturated rings. The van der Waals surface area contributed by atoms with Gasteiger partial charge in [-0.3, -0.25) is 0 Å². The quantitative estimate of drug-likeness (QED) is 0.857. The molecule has 0 spiro atoms. The van der Waals surface area contributed by atoms with Crippen LogP contribution in [-0.2, 0) is 10.0 Å². The molecule has 0 amide bonds. The number of benzene rings is 1. The van der Waals surface area contributed by atoms with Crippen molar-refractivity contribution in [2.45, 2.75) is 11.3 Å². The lowest BCUT2D eigenvalue weighted by Crippen LogP contribution is -2.24. The summed E-state index contributed by atoms with van der Waals surface area (Å²) in [6.45, 7) is 0.134. The first-order valence-corrected chi connectivity index (χ1v) is 6.46. The minimum Gasteiger partial charge on any atom is -0.210 e. The van der Waals surface area contributed by atoms with Crippen molar-refractivity contribution in [3.8, 4) is 6.07 Å². The molecule has 0 aromatic heterocycles. The number of sulfonamides is 1. The Morgan fingerprint density at radius 3 is 2.47 bits per heavy atom. The Kier molecular flexibility index (Phi) is 4.27. The van der Waals surface area contributed by atoms with E-state index in [2.05, 4.69) is 20.7 Å². The van der Waals surface area contributed by atoms with E-state index in [1.807, 2.05) is 6.07 Å². The molecule has 80 valence electrons. The Hall–Kier alpha value is -0.900. The lowest BCUT2D eigenvalue weighted by atomic mass is 10.4. The fraction of sp³-hybridized carbons (Fsp3) is 0.222. The molecular weight excluding hydrogens is 280 g/mol. The van der Waals surface area contributed by atoms with Gasteiger partial charge in [-0.05, 0) is 24.3 Å². The minimum absolute atomic E-state index is 0.134. The number of nitrogens with zero attached hydrogens (tertiary/aromatic N) is 1. The van der Waals surface area contributed by atoms with Gasteiger partial charge in [-0.25, -0.2) is 13.1 Å². The second-order valence-electron chi connectivity index (χ2n) is 2.76. The van der Waals surface area contributed by atoms with Gasteiger partial charge in [-0.15, -0.1) is 0 Å². The molecule has 0 atom stereocenters. The summed E-state index contributed by atoms with van der Waals surface area (Å²) in [6, 6.07) is 8.17. The zero-order valence-corrected chi connectivity index (χ0v) is 10.2. The molecule has 0 radical (unpaired) electrons. The molecule has 0 saturated carbocycles. The summed E-state index contributed by atoms with van der Waals surface area (Å²) >= 11 is 3.22. The fourth-order valence-electron chi connectivity index (χ4n) is 0.938. The van der Waals surface area contributed by atoms with Crippen LogP contribution in [0.25, 0.3) is 0 Å². The topological polar surface area (TPSA) is 70.0 Å². The van der Waals surface area contributed by atoms with E-state index >= 15 is 0 Å². The smallest absolute Gasteiger partial charge is 0.210 e. The van der Waals surface area contributed by atoms with Gasteiger partial charge in [-0.2, -0.15) is 5.26 Å². The highest BCUT2D eigenvalue weighted by Crippen LogP contribution is 2.14. The summed E-state index contributed by atoms with van der Waals surface area (Å²) < 4.78 is 26.3. The molecule has 1 aromatic carbocycles. The van der Waals surface area contributed by atoms with E-state index in [1.165, 1.54) is 12.1 Å². The summed E-state index contributed by atoms with van der Waals surface area (Å²) in [5, 5.41) is 8.28. The van der Waals surface area contributed by atoms with Crippen molar-refractivity contribution >= 4 is 26.0 Å². The first-order valence-electron chi connectivity index (χ1n) is 4.18. The van der Waals surface area contributed by atoms with E-state index in [4.69, 9.17) is 5.26 Å². The molecule has 0 aliphatic carbocycles. The lowest BCUT2D eigenvalue weighted by Gasteiger charge is -2.04. The van der Waals surface area contributed by atoms with Crippen LogP contribution < -0.4 is 4.72 Å². The van der Waals surface area contributed by atoms with Crippen molar-refractivity contribution in [1.29, 1.82) is 5.26 Å². The van der Waals surface area contributed by atoms with Crippen LogP contribution in [0.1, 0.15) is 6.42 Å². The van der Waals surface area contributed by atoms with Gasteiger partial charge in [0, 0.05) is 17.4 Å². The maximum atomic E-state index is 11.6. The van der Waals surface area contributed by atoms with Crippen molar-refractivity contribution in [3.05, 3.63) is 28.7 Å².